The van der Waals surface area contributed by atoms with Crippen LogP contribution < -0.4 is 10.6 Å². The lowest BCUT2D eigenvalue weighted by Crippen LogP contribution is -2.24. The molecule has 1 saturated carbocycles. The van der Waals surface area contributed by atoms with Gasteiger partial charge in [0.25, 0.3) is 5.91 Å². The van der Waals surface area contributed by atoms with Gasteiger partial charge in [0, 0.05) is 17.8 Å². The van der Waals surface area contributed by atoms with E-state index in [-0.39, 0.29) is 17.7 Å². The van der Waals surface area contributed by atoms with Crippen LogP contribution >= 0.6 is 11.6 Å². The average molecular weight is 459 g/mol. The Morgan fingerprint density at radius 1 is 1.09 bits per heavy atom. The second kappa shape index (κ2) is 8.71. The van der Waals surface area contributed by atoms with Gasteiger partial charge >= 0.3 is 0 Å². The molecule has 1 heterocycles. The standard InChI is InChI=1S/C26H23ClN4O2/c1-16-5-10-19(11-6-16)31-24-4-2-3-23(21(24)15-29-31)30-26(33)20-13-17(7-12-22(20)27)14-28-25(32)18-8-9-18/h2-7,10-13,15,18H,8-9,14H2,1H3,(H,28,32)(H,30,33). The topological polar surface area (TPSA) is 76.0 Å². The summed E-state index contributed by atoms with van der Waals surface area (Å²) in [5.41, 5.74) is 4.85. The third-order valence-electron chi connectivity index (χ3n) is 5.83. The predicted molar refractivity (Wildman–Crippen MR) is 130 cm³/mol. The number of halogens is 1. The number of rotatable bonds is 6. The molecule has 1 fully saturated rings. The van der Waals surface area contributed by atoms with Gasteiger partial charge in [-0.1, -0.05) is 41.4 Å². The molecule has 3 aromatic carbocycles. The summed E-state index contributed by atoms with van der Waals surface area (Å²) in [5.74, 6) is -0.111. The molecule has 5 rings (SSSR count). The van der Waals surface area contributed by atoms with Gasteiger partial charge in [-0.25, -0.2) is 4.68 Å². The molecular formula is C26H23ClN4O2. The van der Waals surface area contributed by atoms with Crippen LogP contribution in [0.2, 0.25) is 5.02 Å². The van der Waals surface area contributed by atoms with Gasteiger partial charge in [0.2, 0.25) is 5.91 Å². The minimum atomic E-state index is -0.314. The van der Waals surface area contributed by atoms with Crippen LogP contribution in [0.15, 0.2) is 66.9 Å². The molecule has 2 N–H and O–H groups in total. The number of fused-ring (bicyclic) bond motifs is 1. The van der Waals surface area contributed by atoms with E-state index >= 15 is 0 Å². The van der Waals surface area contributed by atoms with E-state index in [0.717, 1.165) is 35.0 Å². The monoisotopic (exact) mass is 458 g/mol. The molecule has 7 heteroatoms. The van der Waals surface area contributed by atoms with Crippen molar-refractivity contribution in [3.05, 3.63) is 88.6 Å². The molecule has 0 bridgehead atoms. The summed E-state index contributed by atoms with van der Waals surface area (Å²) >= 11 is 6.33. The lowest BCUT2D eigenvalue weighted by atomic mass is 10.1. The highest BCUT2D eigenvalue weighted by atomic mass is 35.5. The highest BCUT2D eigenvalue weighted by molar-refractivity contribution is 6.34. The zero-order valence-corrected chi connectivity index (χ0v) is 18.9. The van der Waals surface area contributed by atoms with Gasteiger partial charge in [-0.05, 0) is 61.7 Å². The molecule has 2 amide bonds. The molecule has 4 aromatic rings. The quantitative estimate of drug-likeness (QED) is 0.413. The van der Waals surface area contributed by atoms with Crippen molar-refractivity contribution in [2.24, 2.45) is 5.92 Å². The molecule has 166 valence electrons. The smallest absolute Gasteiger partial charge is 0.257 e. The van der Waals surface area contributed by atoms with Gasteiger partial charge in [-0.2, -0.15) is 5.10 Å². The average Bonchev–Trinajstić information content (AvgIpc) is 3.58. The Morgan fingerprint density at radius 3 is 2.64 bits per heavy atom. The Balaban J connectivity index is 1.38. The number of hydrogen-bond acceptors (Lipinski definition) is 3. The zero-order valence-electron chi connectivity index (χ0n) is 18.1. The lowest BCUT2D eigenvalue weighted by Gasteiger charge is -2.11. The molecule has 0 aliphatic heterocycles. The first-order valence-electron chi connectivity index (χ1n) is 10.9. The van der Waals surface area contributed by atoms with E-state index in [9.17, 15) is 9.59 Å². The number of nitrogens with one attached hydrogen (secondary N) is 2. The fourth-order valence-electron chi connectivity index (χ4n) is 3.78. The Hall–Kier alpha value is -3.64. The minimum absolute atomic E-state index is 0.0632. The van der Waals surface area contributed by atoms with Crippen molar-refractivity contribution < 1.29 is 9.59 Å². The number of carbonyl (C=O) groups is 2. The number of aromatic nitrogens is 2. The van der Waals surface area contributed by atoms with Crippen LogP contribution in [0, 0.1) is 12.8 Å². The van der Waals surface area contributed by atoms with Crippen LogP contribution in [-0.4, -0.2) is 21.6 Å². The fourth-order valence-corrected chi connectivity index (χ4v) is 3.98. The van der Waals surface area contributed by atoms with Gasteiger partial charge < -0.3 is 10.6 Å². The van der Waals surface area contributed by atoms with E-state index < -0.39 is 0 Å². The molecule has 0 unspecified atom stereocenters. The Kier molecular flexibility index (Phi) is 5.60. The van der Waals surface area contributed by atoms with Gasteiger partial charge in [0.05, 0.1) is 33.7 Å². The maximum Gasteiger partial charge on any atom is 0.257 e. The number of amides is 2. The summed E-state index contributed by atoms with van der Waals surface area (Å²) in [6, 6.07) is 19.0. The molecular weight excluding hydrogens is 436 g/mol. The van der Waals surface area contributed by atoms with E-state index in [0.29, 0.717) is 22.8 Å². The first-order chi connectivity index (χ1) is 16.0. The summed E-state index contributed by atoms with van der Waals surface area (Å²) in [6.07, 6.45) is 3.65. The van der Waals surface area contributed by atoms with Crippen molar-refractivity contribution in [1.29, 1.82) is 0 Å². The molecule has 0 atom stereocenters. The third kappa shape index (κ3) is 4.47. The van der Waals surface area contributed by atoms with E-state index in [4.69, 9.17) is 11.6 Å². The van der Waals surface area contributed by atoms with Crippen molar-refractivity contribution in [2.45, 2.75) is 26.3 Å². The van der Waals surface area contributed by atoms with Crippen molar-refractivity contribution in [1.82, 2.24) is 15.1 Å². The maximum atomic E-state index is 13.1. The van der Waals surface area contributed by atoms with Crippen LogP contribution in [0.1, 0.15) is 34.3 Å². The summed E-state index contributed by atoms with van der Waals surface area (Å²) in [5, 5.41) is 11.6. The molecule has 0 spiro atoms. The number of aryl methyl sites for hydroxylation is 1. The van der Waals surface area contributed by atoms with Crippen LogP contribution in [0.4, 0.5) is 5.69 Å². The highest BCUT2D eigenvalue weighted by Crippen LogP contribution is 2.29. The molecule has 0 saturated heterocycles. The number of carbonyl (C=O) groups excluding carboxylic acids is 2. The van der Waals surface area contributed by atoms with Gasteiger partial charge in [0.1, 0.15) is 0 Å². The molecule has 1 aromatic heterocycles. The second-order valence-corrected chi connectivity index (χ2v) is 8.80. The van der Waals surface area contributed by atoms with E-state index in [1.807, 2.05) is 60.1 Å². The van der Waals surface area contributed by atoms with Gasteiger partial charge in [-0.3, -0.25) is 9.59 Å². The lowest BCUT2D eigenvalue weighted by molar-refractivity contribution is -0.122. The van der Waals surface area contributed by atoms with Crippen LogP contribution in [0.3, 0.4) is 0 Å². The van der Waals surface area contributed by atoms with E-state index in [1.165, 1.54) is 5.56 Å². The summed E-state index contributed by atoms with van der Waals surface area (Å²) < 4.78 is 1.85. The third-order valence-corrected chi connectivity index (χ3v) is 6.16. The molecule has 0 radical (unpaired) electrons. The summed E-state index contributed by atoms with van der Waals surface area (Å²) in [7, 11) is 0. The molecule has 1 aliphatic carbocycles. The first-order valence-corrected chi connectivity index (χ1v) is 11.3. The Morgan fingerprint density at radius 2 is 1.88 bits per heavy atom. The maximum absolute atomic E-state index is 13.1. The van der Waals surface area contributed by atoms with Gasteiger partial charge in [0.15, 0.2) is 0 Å². The largest absolute Gasteiger partial charge is 0.352 e. The zero-order chi connectivity index (χ0) is 22.9. The second-order valence-electron chi connectivity index (χ2n) is 8.39. The van der Waals surface area contributed by atoms with E-state index in [1.54, 1.807) is 18.3 Å². The molecule has 1 aliphatic rings. The van der Waals surface area contributed by atoms with E-state index in [2.05, 4.69) is 15.7 Å². The van der Waals surface area contributed by atoms with Crippen molar-refractivity contribution >= 4 is 40.0 Å². The number of hydrogen-bond donors (Lipinski definition) is 2. The predicted octanol–water partition coefficient (Wildman–Crippen LogP) is 5.27. The van der Waals surface area contributed by atoms with Crippen LogP contribution in [0.5, 0.6) is 0 Å². The van der Waals surface area contributed by atoms with Crippen molar-refractivity contribution in [3.8, 4) is 5.69 Å². The van der Waals surface area contributed by atoms with Gasteiger partial charge in [-0.15, -0.1) is 0 Å². The summed E-state index contributed by atoms with van der Waals surface area (Å²) in [4.78, 5) is 25.0. The first kappa shape index (κ1) is 21.2. The molecule has 33 heavy (non-hydrogen) atoms. The molecule has 6 nitrogen and oxygen atoms in total. The Labute approximate surface area is 196 Å². The normalized spacial score (nSPS) is 13.2. The minimum Gasteiger partial charge on any atom is -0.352 e. The van der Waals surface area contributed by atoms with Crippen LogP contribution in [-0.2, 0) is 11.3 Å². The van der Waals surface area contributed by atoms with Crippen LogP contribution in [0.25, 0.3) is 16.6 Å². The fraction of sp³-hybridized carbons (Fsp3) is 0.192. The SMILES string of the molecule is Cc1ccc(-n2ncc3c(NC(=O)c4cc(CNC(=O)C5CC5)ccc4Cl)cccc32)cc1. The number of nitrogens with zero attached hydrogens (tertiary/aromatic N) is 2. The summed E-state index contributed by atoms with van der Waals surface area (Å²) in [6.45, 7) is 2.41. The highest BCUT2D eigenvalue weighted by Gasteiger charge is 2.29. The number of anilines is 1. The number of benzene rings is 3. The van der Waals surface area contributed by atoms with Crippen molar-refractivity contribution in [3.63, 3.8) is 0 Å². The Bertz CT molecular complexity index is 1360. The van der Waals surface area contributed by atoms with Crippen molar-refractivity contribution in [2.75, 3.05) is 5.32 Å².